The van der Waals surface area contributed by atoms with E-state index >= 15 is 0 Å². The van der Waals surface area contributed by atoms with Crippen LogP contribution in [0.15, 0.2) is 23.1 Å². The van der Waals surface area contributed by atoms with Gasteiger partial charge >= 0.3 is 0 Å². The molecular weight excluding hydrogens is 402 g/mol. The van der Waals surface area contributed by atoms with Crippen molar-refractivity contribution in [3.05, 3.63) is 35.0 Å². The molecule has 1 fully saturated rings. The third-order valence-electron chi connectivity index (χ3n) is 5.42. The molecule has 0 radical (unpaired) electrons. The molecule has 164 valence electrons. The molecule has 0 aliphatic carbocycles. The normalized spacial score (nSPS) is 14.6. The Balaban J connectivity index is 1.60. The van der Waals surface area contributed by atoms with Gasteiger partial charge in [-0.05, 0) is 63.3 Å². The van der Waals surface area contributed by atoms with Crippen LogP contribution in [0.2, 0.25) is 0 Å². The van der Waals surface area contributed by atoms with Crippen molar-refractivity contribution >= 4 is 21.8 Å². The van der Waals surface area contributed by atoms with Crippen LogP contribution >= 0.6 is 0 Å². The molecule has 0 saturated carbocycles. The van der Waals surface area contributed by atoms with E-state index in [-0.39, 0.29) is 11.4 Å². The Morgan fingerprint density at radius 3 is 2.47 bits per heavy atom. The van der Waals surface area contributed by atoms with Crippen molar-refractivity contribution in [2.75, 3.05) is 43.5 Å². The highest BCUT2D eigenvalue weighted by Crippen LogP contribution is 2.26. The lowest BCUT2D eigenvalue weighted by molar-refractivity contribution is 0.410. The number of nitrogens with zero attached hydrogens (tertiary/aromatic N) is 3. The number of hydrogen-bond donors (Lipinski definition) is 2. The van der Waals surface area contributed by atoms with E-state index in [0.717, 1.165) is 30.2 Å². The van der Waals surface area contributed by atoms with E-state index in [1.54, 1.807) is 26.2 Å². The standard InChI is InChI=1S/C21H31N5O3S/c1-15-14-20(26-12-6-5-7-13-26)25-21(24-15)22-10-11-23-30(27,28)19-9-8-18(29-4)16(2)17(19)3/h8-9,14,23H,5-7,10-13H2,1-4H3,(H,22,24,25). The van der Waals surface area contributed by atoms with Gasteiger partial charge in [-0.25, -0.2) is 18.1 Å². The minimum atomic E-state index is -3.62. The van der Waals surface area contributed by atoms with Crippen LogP contribution in [0.5, 0.6) is 5.75 Å². The van der Waals surface area contributed by atoms with Crippen molar-refractivity contribution in [1.82, 2.24) is 14.7 Å². The van der Waals surface area contributed by atoms with Crippen LogP contribution < -0.4 is 19.7 Å². The van der Waals surface area contributed by atoms with Crippen molar-refractivity contribution in [2.45, 2.75) is 44.9 Å². The lowest BCUT2D eigenvalue weighted by atomic mass is 10.1. The number of anilines is 2. The van der Waals surface area contributed by atoms with Crippen LogP contribution in [0.4, 0.5) is 11.8 Å². The van der Waals surface area contributed by atoms with E-state index in [1.165, 1.54) is 19.3 Å². The molecule has 0 atom stereocenters. The topological polar surface area (TPSA) is 96.5 Å². The maximum Gasteiger partial charge on any atom is 0.240 e. The lowest BCUT2D eigenvalue weighted by Crippen LogP contribution is -2.31. The van der Waals surface area contributed by atoms with Crippen LogP contribution in [0, 0.1) is 20.8 Å². The number of rotatable bonds is 8. The van der Waals surface area contributed by atoms with Gasteiger partial charge in [0.15, 0.2) is 0 Å². The molecule has 1 aromatic heterocycles. The van der Waals surface area contributed by atoms with Gasteiger partial charge in [-0.3, -0.25) is 0 Å². The summed E-state index contributed by atoms with van der Waals surface area (Å²) in [6.45, 7) is 8.21. The van der Waals surface area contributed by atoms with Gasteiger partial charge < -0.3 is 15.0 Å². The van der Waals surface area contributed by atoms with Crippen LogP contribution in [0.25, 0.3) is 0 Å². The molecule has 0 bridgehead atoms. The summed E-state index contributed by atoms with van der Waals surface area (Å²) in [4.78, 5) is 11.6. The number of nitrogens with one attached hydrogen (secondary N) is 2. The maximum atomic E-state index is 12.7. The fourth-order valence-electron chi connectivity index (χ4n) is 3.64. The fraction of sp³-hybridized carbons (Fsp3) is 0.524. The minimum absolute atomic E-state index is 0.225. The van der Waals surface area contributed by atoms with Gasteiger partial charge in [0.1, 0.15) is 11.6 Å². The first-order valence-corrected chi connectivity index (χ1v) is 11.8. The molecule has 9 heteroatoms. The SMILES string of the molecule is COc1ccc(S(=O)(=O)NCCNc2nc(C)cc(N3CCCCC3)n2)c(C)c1C. The smallest absolute Gasteiger partial charge is 0.240 e. The molecule has 30 heavy (non-hydrogen) atoms. The highest BCUT2D eigenvalue weighted by Gasteiger charge is 2.19. The first-order chi connectivity index (χ1) is 14.3. The summed E-state index contributed by atoms with van der Waals surface area (Å²) >= 11 is 0. The molecule has 3 rings (SSSR count). The monoisotopic (exact) mass is 433 g/mol. The van der Waals surface area contributed by atoms with Gasteiger partial charge in [-0.1, -0.05) is 0 Å². The second kappa shape index (κ2) is 9.61. The zero-order chi connectivity index (χ0) is 21.7. The highest BCUT2D eigenvalue weighted by atomic mass is 32.2. The molecule has 0 spiro atoms. The first-order valence-electron chi connectivity index (χ1n) is 10.3. The van der Waals surface area contributed by atoms with Crippen molar-refractivity contribution in [3.63, 3.8) is 0 Å². The molecule has 0 amide bonds. The Labute approximate surface area is 179 Å². The Bertz CT molecular complexity index is 988. The molecule has 1 aliphatic heterocycles. The summed E-state index contributed by atoms with van der Waals surface area (Å²) in [7, 11) is -2.05. The second-order valence-corrected chi connectivity index (χ2v) is 9.31. The molecule has 2 N–H and O–H groups in total. The van der Waals surface area contributed by atoms with E-state index in [2.05, 4.69) is 24.9 Å². The summed E-state index contributed by atoms with van der Waals surface area (Å²) < 4.78 is 33.3. The van der Waals surface area contributed by atoms with E-state index in [0.29, 0.717) is 23.8 Å². The van der Waals surface area contributed by atoms with E-state index in [4.69, 9.17) is 4.74 Å². The Hall–Kier alpha value is -2.39. The number of ether oxygens (including phenoxy) is 1. The van der Waals surface area contributed by atoms with E-state index in [9.17, 15) is 8.42 Å². The number of piperidine rings is 1. The van der Waals surface area contributed by atoms with Gasteiger partial charge in [-0.2, -0.15) is 4.98 Å². The van der Waals surface area contributed by atoms with Crippen molar-refractivity contribution in [2.24, 2.45) is 0 Å². The summed E-state index contributed by atoms with van der Waals surface area (Å²) in [5.74, 6) is 2.12. The molecule has 2 heterocycles. The van der Waals surface area contributed by atoms with Gasteiger partial charge in [0, 0.05) is 37.9 Å². The summed E-state index contributed by atoms with van der Waals surface area (Å²) in [5, 5.41) is 3.14. The number of benzene rings is 1. The lowest BCUT2D eigenvalue weighted by Gasteiger charge is -2.28. The van der Waals surface area contributed by atoms with Crippen LogP contribution in [-0.2, 0) is 10.0 Å². The van der Waals surface area contributed by atoms with E-state index in [1.807, 2.05) is 19.9 Å². The third-order valence-corrected chi connectivity index (χ3v) is 7.02. The Morgan fingerprint density at radius 1 is 1.03 bits per heavy atom. The van der Waals surface area contributed by atoms with Gasteiger partial charge in [0.2, 0.25) is 16.0 Å². The Kier molecular flexibility index (Phi) is 7.14. The van der Waals surface area contributed by atoms with Crippen molar-refractivity contribution in [3.8, 4) is 5.75 Å². The average molecular weight is 434 g/mol. The van der Waals surface area contributed by atoms with Crippen molar-refractivity contribution in [1.29, 1.82) is 0 Å². The quantitative estimate of drug-likeness (QED) is 0.618. The molecule has 1 aliphatic rings. The summed E-state index contributed by atoms with van der Waals surface area (Å²) in [6.07, 6.45) is 3.62. The third kappa shape index (κ3) is 5.20. The second-order valence-electron chi connectivity index (χ2n) is 7.58. The predicted molar refractivity (Wildman–Crippen MR) is 119 cm³/mol. The largest absolute Gasteiger partial charge is 0.496 e. The average Bonchev–Trinajstić information content (AvgIpc) is 2.73. The molecule has 2 aromatic rings. The summed E-state index contributed by atoms with van der Waals surface area (Å²) in [6, 6.07) is 5.25. The highest BCUT2D eigenvalue weighted by molar-refractivity contribution is 7.89. The number of methoxy groups -OCH3 is 1. The van der Waals surface area contributed by atoms with Gasteiger partial charge in [-0.15, -0.1) is 0 Å². The summed E-state index contributed by atoms with van der Waals surface area (Å²) in [5.41, 5.74) is 2.39. The van der Waals surface area contributed by atoms with Crippen LogP contribution in [0.3, 0.4) is 0 Å². The first kappa shape index (κ1) is 22.3. The molecule has 0 unspecified atom stereocenters. The molecular formula is C21H31N5O3S. The predicted octanol–water partition coefficient (Wildman–Crippen LogP) is 2.79. The minimum Gasteiger partial charge on any atom is -0.496 e. The maximum absolute atomic E-state index is 12.7. The van der Waals surface area contributed by atoms with E-state index < -0.39 is 10.0 Å². The number of aromatic nitrogens is 2. The number of hydrogen-bond acceptors (Lipinski definition) is 7. The molecule has 8 nitrogen and oxygen atoms in total. The van der Waals surface area contributed by atoms with Crippen LogP contribution in [0.1, 0.15) is 36.1 Å². The zero-order valence-electron chi connectivity index (χ0n) is 18.2. The number of sulfonamides is 1. The number of aryl methyl sites for hydroxylation is 1. The molecule has 1 aromatic carbocycles. The van der Waals surface area contributed by atoms with Crippen LogP contribution in [-0.4, -0.2) is 51.7 Å². The van der Waals surface area contributed by atoms with Gasteiger partial charge in [0.05, 0.1) is 12.0 Å². The Morgan fingerprint density at radius 2 is 1.77 bits per heavy atom. The zero-order valence-corrected chi connectivity index (χ0v) is 19.0. The molecule has 1 saturated heterocycles. The fourth-order valence-corrected chi connectivity index (χ4v) is 4.97. The van der Waals surface area contributed by atoms with Crippen molar-refractivity contribution < 1.29 is 13.2 Å². The van der Waals surface area contributed by atoms with Gasteiger partial charge in [0.25, 0.3) is 0 Å².